The van der Waals surface area contributed by atoms with Gasteiger partial charge in [-0.1, -0.05) is 355 Å². The van der Waals surface area contributed by atoms with E-state index in [2.05, 4.69) is 208 Å². The van der Waals surface area contributed by atoms with Crippen LogP contribution < -0.4 is 0 Å². The minimum Gasteiger partial charge on any atom is -0.0654 e. The van der Waals surface area contributed by atoms with Gasteiger partial charge >= 0.3 is 0 Å². The first-order valence-corrected chi connectivity index (χ1v) is 32.8. The van der Waals surface area contributed by atoms with Gasteiger partial charge in [-0.2, -0.15) is 0 Å². The normalized spacial score (nSPS) is 21.9. The lowest BCUT2D eigenvalue weighted by molar-refractivity contribution is 0.283. The van der Waals surface area contributed by atoms with Crippen molar-refractivity contribution in [3.05, 3.63) is 0 Å². The van der Waals surface area contributed by atoms with Crippen molar-refractivity contribution in [2.75, 3.05) is 0 Å². The largest absolute Gasteiger partial charge is 0.0654 e. The molecular weight excluding hydrogens is 853 g/mol. The van der Waals surface area contributed by atoms with Crippen LogP contribution >= 0.6 is 0 Å². The zero-order chi connectivity index (χ0) is 56.8. The Hall–Kier alpha value is 0. The molecule has 0 spiro atoms. The predicted octanol–water partition coefficient (Wildman–Crippen LogP) is 27.0. The summed E-state index contributed by atoms with van der Waals surface area (Å²) in [4.78, 5) is 0. The molecule has 71 heavy (non-hydrogen) atoms. The second-order valence-corrected chi connectivity index (χ2v) is 28.2. The van der Waals surface area contributed by atoms with Crippen molar-refractivity contribution in [3.8, 4) is 0 Å². The molecule has 4 aliphatic carbocycles. The topological polar surface area (TPSA) is 0 Å². The van der Waals surface area contributed by atoms with Gasteiger partial charge in [0.05, 0.1) is 0 Å². The van der Waals surface area contributed by atoms with E-state index in [0.29, 0.717) is 16.2 Å². The molecule has 0 heteroatoms. The van der Waals surface area contributed by atoms with E-state index in [1.807, 2.05) is 0 Å². The van der Waals surface area contributed by atoms with Crippen molar-refractivity contribution in [3.63, 3.8) is 0 Å². The highest BCUT2D eigenvalue weighted by molar-refractivity contribution is 4.74. The fraction of sp³-hybridized carbons (Fsp3) is 1.00. The summed E-state index contributed by atoms with van der Waals surface area (Å²) in [6.45, 7) is 68.7. The van der Waals surface area contributed by atoms with Crippen LogP contribution in [0.2, 0.25) is 0 Å². The quantitative estimate of drug-likeness (QED) is 0.172. The molecule has 8 atom stereocenters. The Morgan fingerprint density at radius 1 is 0.423 bits per heavy atom. The van der Waals surface area contributed by atoms with Crippen LogP contribution in [-0.2, 0) is 0 Å². The SMILES string of the molecule is CC(C)C(C)(C)C.CC1(C)CCCC1.CC1CCCCC1.CC1CCC[C@H]1C.CC1CC[C@@H](C)C1.CCC(C)(C)CC.CCC(C)C(C)C.CCC(C)C(C)CC.CCC(CC)CC.CCCC(C)CC. The lowest BCUT2D eigenvalue weighted by Crippen LogP contribution is -2.12. The Kier molecular flexibility index (Phi) is 60.4. The number of rotatable bonds is 13. The minimum absolute atomic E-state index is 0.500. The highest BCUT2D eigenvalue weighted by atomic mass is 14.3. The Morgan fingerprint density at radius 2 is 0.789 bits per heavy atom. The van der Waals surface area contributed by atoms with Crippen LogP contribution in [0.15, 0.2) is 0 Å². The van der Waals surface area contributed by atoms with Crippen LogP contribution in [0.5, 0.6) is 0 Å². The van der Waals surface area contributed by atoms with E-state index in [9.17, 15) is 0 Å². The second kappa shape index (κ2) is 52.1. The van der Waals surface area contributed by atoms with Crippen molar-refractivity contribution < 1.29 is 0 Å². The van der Waals surface area contributed by atoms with E-state index >= 15 is 0 Å². The molecule has 0 aromatic rings. The molecule has 4 aliphatic rings. The molecule has 4 saturated carbocycles. The third-order valence-corrected chi connectivity index (χ3v) is 19.0. The molecule has 4 rings (SSSR count). The summed E-state index contributed by atoms with van der Waals surface area (Å²) < 4.78 is 0. The summed E-state index contributed by atoms with van der Waals surface area (Å²) in [6.07, 6.45) is 36.8. The number of hydrogen-bond acceptors (Lipinski definition) is 0. The van der Waals surface area contributed by atoms with Gasteiger partial charge in [0.15, 0.2) is 0 Å². The zero-order valence-electron chi connectivity index (χ0n) is 56.8. The Morgan fingerprint density at radius 3 is 0.887 bits per heavy atom. The number of hydrogen-bond donors (Lipinski definition) is 0. The van der Waals surface area contributed by atoms with Crippen molar-refractivity contribution >= 4 is 0 Å². The lowest BCUT2D eigenvalue weighted by Gasteiger charge is -2.22. The average molecular weight is 1010 g/mol. The maximum atomic E-state index is 2.36. The minimum atomic E-state index is 0.500. The van der Waals surface area contributed by atoms with Crippen molar-refractivity contribution in [2.24, 2.45) is 87.3 Å². The third-order valence-electron chi connectivity index (χ3n) is 19.0. The van der Waals surface area contributed by atoms with Crippen LogP contribution in [-0.4, -0.2) is 0 Å². The summed E-state index contributed by atoms with van der Waals surface area (Å²) in [6, 6.07) is 0. The zero-order valence-corrected chi connectivity index (χ0v) is 56.8. The summed E-state index contributed by atoms with van der Waals surface area (Å²) >= 11 is 0. The van der Waals surface area contributed by atoms with Gasteiger partial charge < -0.3 is 0 Å². The molecule has 0 aliphatic heterocycles. The first kappa shape index (κ1) is 82.3. The van der Waals surface area contributed by atoms with E-state index in [1.165, 1.54) is 167 Å². The maximum Gasteiger partial charge on any atom is -0.0354 e. The molecule has 438 valence electrons. The van der Waals surface area contributed by atoms with Gasteiger partial charge in [0, 0.05) is 0 Å². The summed E-state index contributed by atoms with van der Waals surface area (Å²) in [7, 11) is 0. The van der Waals surface area contributed by atoms with E-state index in [1.54, 1.807) is 0 Å². The smallest absolute Gasteiger partial charge is 0.0354 e. The highest BCUT2D eigenvalue weighted by Crippen LogP contribution is 2.36. The van der Waals surface area contributed by atoms with Gasteiger partial charge in [0.2, 0.25) is 0 Å². The molecule has 0 nitrogen and oxygen atoms in total. The second-order valence-electron chi connectivity index (χ2n) is 28.2. The Labute approximate surface area is 459 Å². The maximum absolute atomic E-state index is 2.36. The van der Waals surface area contributed by atoms with Crippen molar-refractivity contribution in [1.29, 1.82) is 0 Å². The molecule has 0 aromatic heterocycles. The monoisotopic (exact) mass is 1010 g/mol. The lowest BCUT2D eigenvalue weighted by atomic mass is 9.84. The molecular formula is C71H154. The fourth-order valence-corrected chi connectivity index (χ4v) is 8.55. The molecule has 0 bridgehead atoms. The third kappa shape index (κ3) is 60.7. The van der Waals surface area contributed by atoms with E-state index < -0.39 is 0 Å². The van der Waals surface area contributed by atoms with Crippen LogP contribution in [0.1, 0.15) is 375 Å². The average Bonchev–Trinajstić information content (AvgIpc) is 4.05. The first-order valence-electron chi connectivity index (χ1n) is 32.8. The van der Waals surface area contributed by atoms with Gasteiger partial charge in [-0.25, -0.2) is 0 Å². The predicted molar refractivity (Wildman–Crippen MR) is 339 cm³/mol. The van der Waals surface area contributed by atoms with Crippen LogP contribution in [0.4, 0.5) is 0 Å². The van der Waals surface area contributed by atoms with Gasteiger partial charge in [-0.15, -0.1) is 0 Å². The van der Waals surface area contributed by atoms with E-state index in [4.69, 9.17) is 0 Å². The van der Waals surface area contributed by atoms with Gasteiger partial charge in [-0.05, 0) is 107 Å². The molecule has 6 unspecified atom stereocenters. The van der Waals surface area contributed by atoms with Gasteiger partial charge in [0.1, 0.15) is 0 Å². The van der Waals surface area contributed by atoms with Crippen LogP contribution in [0, 0.1) is 87.3 Å². The highest BCUT2D eigenvalue weighted by Gasteiger charge is 2.22. The fourth-order valence-electron chi connectivity index (χ4n) is 8.55. The Bertz CT molecular complexity index is 919. The van der Waals surface area contributed by atoms with Gasteiger partial charge in [-0.3, -0.25) is 0 Å². The molecule has 4 fully saturated rings. The Balaban J connectivity index is -0.000000165. The van der Waals surface area contributed by atoms with Crippen molar-refractivity contribution in [1.82, 2.24) is 0 Å². The molecule has 0 heterocycles. The standard InChI is InChI=1S/C8H18.4C7H14.5C7H16/c1-5-7(3)8(4)6-2;1-6-3-4-7(2)5-6;1-7(2)5-3-4-6-7;1-6-4-3-5-7(6)2;1-7-5-3-2-4-6-7;1-6(2)7(3,4)5;1-5-7(3,4)6-2;1-5-7(4)6(2)3;1-4-6-7(3)5-2;1-4-7(5-2)6-3/h7-8H,5-6H2,1-4H3;6-7H,3-5H2,1-2H3;3-6H2,1-2H3;6-7H,3-5H2,1-2H3;7H,2-6H2,1H3;6H,1-5H3;5-6H2,1-4H3;6-7H,5H2,1-4H3;2*7H,4-6H2,1-3H3/t;6-,7?;;6-,7?;;;;;;/m.1.1....../s1. The first-order chi connectivity index (χ1) is 32.8. The summed E-state index contributed by atoms with van der Waals surface area (Å²) in [5.41, 5.74) is 1.78. The van der Waals surface area contributed by atoms with Crippen LogP contribution in [0.3, 0.4) is 0 Å². The molecule has 0 saturated heterocycles. The summed E-state index contributed by atoms with van der Waals surface area (Å²) in [5.74, 6) is 11.4. The molecule has 0 aromatic carbocycles. The van der Waals surface area contributed by atoms with E-state index in [0.717, 1.165) is 71.0 Å². The van der Waals surface area contributed by atoms with Gasteiger partial charge in [0.25, 0.3) is 0 Å². The van der Waals surface area contributed by atoms with Crippen molar-refractivity contribution in [2.45, 2.75) is 375 Å². The molecule has 0 N–H and O–H groups in total. The molecule has 0 radical (unpaired) electrons. The summed E-state index contributed by atoms with van der Waals surface area (Å²) in [5, 5.41) is 0. The van der Waals surface area contributed by atoms with E-state index in [-0.39, 0.29) is 0 Å². The van der Waals surface area contributed by atoms with Crippen LogP contribution in [0.25, 0.3) is 0 Å². The molecule has 0 amide bonds.